The van der Waals surface area contributed by atoms with Gasteiger partial charge in [0.1, 0.15) is 6.61 Å². The highest BCUT2D eigenvalue weighted by Crippen LogP contribution is 2.28. The first-order chi connectivity index (χ1) is 13.2. The molecule has 27 heavy (non-hydrogen) atoms. The van der Waals surface area contributed by atoms with E-state index in [-0.39, 0.29) is 17.9 Å². The third-order valence-electron chi connectivity index (χ3n) is 6.00. The summed E-state index contributed by atoms with van der Waals surface area (Å²) in [5.41, 5.74) is 0.987. The molecule has 4 rings (SSSR count). The van der Waals surface area contributed by atoms with Gasteiger partial charge < -0.3 is 14.5 Å². The van der Waals surface area contributed by atoms with E-state index in [2.05, 4.69) is 4.90 Å². The topological polar surface area (TPSA) is 53.1 Å². The molecule has 1 aliphatic carbocycles. The van der Waals surface area contributed by atoms with E-state index in [4.69, 9.17) is 4.74 Å². The van der Waals surface area contributed by atoms with Gasteiger partial charge in [-0.2, -0.15) is 0 Å². The van der Waals surface area contributed by atoms with Crippen LogP contribution < -0.4 is 0 Å². The second kappa shape index (κ2) is 8.30. The molecule has 6 heteroatoms. The molecular weight excluding hydrogens is 342 g/mol. The van der Waals surface area contributed by atoms with Crippen LogP contribution in [0.3, 0.4) is 0 Å². The zero-order valence-electron chi connectivity index (χ0n) is 15.9. The Hall–Kier alpha value is -2.08. The van der Waals surface area contributed by atoms with Crippen LogP contribution >= 0.6 is 0 Å². The van der Waals surface area contributed by atoms with Gasteiger partial charge in [-0.05, 0) is 31.2 Å². The highest BCUT2D eigenvalue weighted by atomic mass is 16.6. The Morgan fingerprint density at radius 2 is 1.52 bits per heavy atom. The molecule has 2 saturated heterocycles. The van der Waals surface area contributed by atoms with E-state index in [0.717, 1.165) is 50.6 Å². The summed E-state index contributed by atoms with van der Waals surface area (Å²) in [6.45, 7) is 5.24. The molecule has 0 atom stereocenters. The number of benzene rings is 1. The van der Waals surface area contributed by atoms with Gasteiger partial charge in [0, 0.05) is 51.2 Å². The smallest absolute Gasteiger partial charge is 0.410 e. The minimum absolute atomic E-state index is 0.0515. The third-order valence-corrected chi connectivity index (χ3v) is 6.00. The van der Waals surface area contributed by atoms with Crippen molar-refractivity contribution in [2.45, 2.75) is 38.3 Å². The Morgan fingerprint density at radius 1 is 0.852 bits per heavy atom. The summed E-state index contributed by atoms with van der Waals surface area (Å²) in [4.78, 5) is 31.4. The number of hydrogen-bond acceptors (Lipinski definition) is 4. The maximum absolute atomic E-state index is 12.8. The summed E-state index contributed by atoms with van der Waals surface area (Å²) < 4.78 is 5.41. The fourth-order valence-electron chi connectivity index (χ4n) is 4.12. The minimum atomic E-state index is -0.275. The first-order valence-electron chi connectivity index (χ1n) is 10.2. The normalized spacial score (nSPS) is 21.9. The number of piperazine rings is 1. The molecule has 3 aliphatic rings. The van der Waals surface area contributed by atoms with E-state index in [1.165, 1.54) is 12.8 Å². The van der Waals surface area contributed by atoms with Crippen molar-refractivity contribution in [1.29, 1.82) is 0 Å². The van der Waals surface area contributed by atoms with Gasteiger partial charge in [0.05, 0.1) is 0 Å². The number of nitrogens with zero attached hydrogens (tertiary/aromatic N) is 3. The van der Waals surface area contributed by atoms with E-state index in [1.807, 2.05) is 35.2 Å². The molecule has 146 valence electrons. The van der Waals surface area contributed by atoms with Gasteiger partial charge in [0.15, 0.2) is 0 Å². The molecule has 0 aromatic heterocycles. The number of rotatable bonds is 4. The van der Waals surface area contributed by atoms with Crippen LogP contribution in [0.25, 0.3) is 0 Å². The molecule has 0 unspecified atom stereocenters. The van der Waals surface area contributed by atoms with E-state index in [9.17, 15) is 9.59 Å². The van der Waals surface area contributed by atoms with Gasteiger partial charge in [0.2, 0.25) is 5.91 Å². The van der Waals surface area contributed by atoms with Crippen LogP contribution in [-0.4, -0.2) is 72.0 Å². The number of carbonyl (C=O) groups is 2. The van der Waals surface area contributed by atoms with Gasteiger partial charge in [0.25, 0.3) is 0 Å². The van der Waals surface area contributed by atoms with E-state index >= 15 is 0 Å². The second-order valence-corrected chi connectivity index (χ2v) is 7.89. The number of piperidine rings is 1. The molecule has 0 radical (unpaired) electrons. The number of carbonyl (C=O) groups excluding carboxylic acids is 2. The molecule has 0 spiro atoms. The van der Waals surface area contributed by atoms with Crippen molar-refractivity contribution in [1.82, 2.24) is 14.7 Å². The predicted molar refractivity (Wildman–Crippen MR) is 102 cm³/mol. The monoisotopic (exact) mass is 371 g/mol. The molecule has 1 aromatic rings. The average molecular weight is 371 g/mol. The van der Waals surface area contributed by atoms with Crippen LogP contribution in [0.2, 0.25) is 0 Å². The van der Waals surface area contributed by atoms with Gasteiger partial charge in [-0.1, -0.05) is 30.3 Å². The zero-order valence-corrected chi connectivity index (χ0v) is 15.9. The lowest BCUT2D eigenvalue weighted by molar-refractivity contribution is -0.138. The van der Waals surface area contributed by atoms with Crippen LogP contribution in [0.15, 0.2) is 30.3 Å². The molecule has 2 aliphatic heterocycles. The lowest BCUT2D eigenvalue weighted by Crippen LogP contribution is -2.52. The Labute approximate surface area is 161 Å². The fraction of sp³-hybridized carbons (Fsp3) is 0.619. The van der Waals surface area contributed by atoms with Crippen molar-refractivity contribution in [2.24, 2.45) is 5.92 Å². The maximum atomic E-state index is 12.8. The molecular formula is C21H29N3O3. The molecule has 2 heterocycles. The largest absolute Gasteiger partial charge is 0.445 e. The molecule has 1 saturated carbocycles. The number of ether oxygens (including phenoxy) is 1. The van der Waals surface area contributed by atoms with Crippen LogP contribution in [0.5, 0.6) is 0 Å². The Balaban J connectivity index is 1.19. The molecule has 0 bridgehead atoms. The molecule has 1 aromatic carbocycles. The first-order valence-corrected chi connectivity index (χ1v) is 10.2. The number of amides is 2. The molecule has 6 nitrogen and oxygen atoms in total. The summed E-state index contributed by atoms with van der Waals surface area (Å²) >= 11 is 0. The predicted octanol–water partition coefficient (Wildman–Crippen LogP) is 2.34. The van der Waals surface area contributed by atoms with Crippen molar-refractivity contribution in [3.63, 3.8) is 0 Å². The molecule has 0 N–H and O–H groups in total. The lowest BCUT2D eigenvalue weighted by Gasteiger charge is -2.38. The highest BCUT2D eigenvalue weighted by molar-refractivity contribution is 5.79. The van der Waals surface area contributed by atoms with E-state index < -0.39 is 0 Å². The Bertz CT molecular complexity index is 646. The molecule has 2 amide bonds. The summed E-state index contributed by atoms with van der Waals surface area (Å²) in [7, 11) is 0. The van der Waals surface area contributed by atoms with Crippen molar-refractivity contribution in [3.8, 4) is 0 Å². The Morgan fingerprint density at radius 3 is 2.15 bits per heavy atom. The fourth-order valence-corrected chi connectivity index (χ4v) is 4.12. The summed E-state index contributed by atoms with van der Waals surface area (Å²) in [6, 6.07) is 10.5. The molecule has 3 fully saturated rings. The Kier molecular flexibility index (Phi) is 5.62. The van der Waals surface area contributed by atoms with Gasteiger partial charge in [-0.15, -0.1) is 0 Å². The van der Waals surface area contributed by atoms with Crippen molar-refractivity contribution in [2.75, 3.05) is 39.3 Å². The SMILES string of the molecule is O=C(OCc1ccccc1)N1CCC(C(=O)N2CCN(C3CC3)CC2)CC1. The highest BCUT2D eigenvalue weighted by Gasteiger charge is 2.35. The van der Waals surface area contributed by atoms with Crippen molar-refractivity contribution in [3.05, 3.63) is 35.9 Å². The summed E-state index contributed by atoms with van der Waals surface area (Å²) in [5, 5.41) is 0. The van der Waals surface area contributed by atoms with Crippen LogP contribution in [0.1, 0.15) is 31.2 Å². The van der Waals surface area contributed by atoms with Crippen molar-refractivity contribution < 1.29 is 14.3 Å². The minimum Gasteiger partial charge on any atom is -0.445 e. The van der Waals surface area contributed by atoms with E-state index in [0.29, 0.717) is 19.7 Å². The van der Waals surface area contributed by atoms with Crippen molar-refractivity contribution >= 4 is 12.0 Å². The van der Waals surface area contributed by atoms with Gasteiger partial charge >= 0.3 is 6.09 Å². The number of likely N-dealkylation sites (tertiary alicyclic amines) is 1. The third kappa shape index (κ3) is 4.61. The van der Waals surface area contributed by atoms with Gasteiger partial charge in [-0.25, -0.2) is 4.79 Å². The average Bonchev–Trinajstić information content (AvgIpc) is 3.58. The number of hydrogen-bond donors (Lipinski definition) is 0. The zero-order chi connectivity index (χ0) is 18.6. The lowest BCUT2D eigenvalue weighted by atomic mass is 9.95. The summed E-state index contributed by atoms with van der Waals surface area (Å²) in [5.74, 6) is 0.332. The quantitative estimate of drug-likeness (QED) is 0.815. The maximum Gasteiger partial charge on any atom is 0.410 e. The van der Waals surface area contributed by atoms with Crippen LogP contribution in [0.4, 0.5) is 4.79 Å². The van der Waals surface area contributed by atoms with E-state index in [1.54, 1.807) is 4.90 Å². The van der Waals surface area contributed by atoms with Crippen LogP contribution in [0, 0.1) is 5.92 Å². The second-order valence-electron chi connectivity index (χ2n) is 7.89. The summed E-state index contributed by atoms with van der Waals surface area (Å²) in [6.07, 6.45) is 3.85. The first kappa shape index (κ1) is 18.3. The van der Waals surface area contributed by atoms with Crippen LogP contribution in [-0.2, 0) is 16.1 Å². The standard InChI is InChI=1S/C21H29N3O3/c25-20(23-14-12-22(13-15-23)19-6-7-19)18-8-10-24(11-9-18)21(26)27-16-17-4-2-1-3-5-17/h1-5,18-19H,6-16H2. The van der Waals surface area contributed by atoms with Gasteiger partial charge in [-0.3, -0.25) is 9.69 Å².